The van der Waals surface area contributed by atoms with Crippen LogP contribution in [-0.4, -0.2) is 10.8 Å². The summed E-state index contributed by atoms with van der Waals surface area (Å²) in [5.41, 5.74) is 5.97. The molecule has 156 valence electrons. The molecule has 0 saturated carbocycles. The maximum Gasteiger partial charge on any atom is 0.123 e. The van der Waals surface area contributed by atoms with E-state index in [4.69, 9.17) is 4.99 Å². The van der Waals surface area contributed by atoms with Gasteiger partial charge in [0.05, 0.1) is 12.3 Å². The summed E-state index contributed by atoms with van der Waals surface area (Å²) >= 11 is 0. The normalized spacial score (nSPS) is 11.9. The highest BCUT2D eigenvalue weighted by atomic mass is 16.3. The molecule has 0 spiro atoms. The van der Waals surface area contributed by atoms with Gasteiger partial charge in [0.2, 0.25) is 0 Å². The molecule has 2 heteroatoms. The van der Waals surface area contributed by atoms with Crippen molar-refractivity contribution in [3.05, 3.63) is 101 Å². The van der Waals surface area contributed by atoms with Gasteiger partial charge in [0, 0.05) is 11.1 Å². The van der Waals surface area contributed by atoms with Crippen molar-refractivity contribution in [1.82, 2.24) is 0 Å². The van der Waals surface area contributed by atoms with Crippen LogP contribution in [-0.2, 0) is 17.4 Å². The largest absolute Gasteiger partial charge is 0.507 e. The van der Waals surface area contributed by atoms with Crippen LogP contribution in [0.1, 0.15) is 69.4 Å². The van der Waals surface area contributed by atoms with Crippen LogP contribution in [0.5, 0.6) is 5.75 Å². The third kappa shape index (κ3) is 4.99. The minimum absolute atomic E-state index is 0.147. The second kappa shape index (κ2) is 8.47. The van der Waals surface area contributed by atoms with E-state index < -0.39 is 0 Å². The molecule has 0 amide bonds. The monoisotopic (exact) mass is 399 g/mol. The summed E-state index contributed by atoms with van der Waals surface area (Å²) in [4.78, 5) is 5.05. The second-order valence-electron chi connectivity index (χ2n) is 9.94. The maximum atomic E-state index is 11.0. The number of phenolic OH excluding ortho intramolecular Hbond substituents is 1. The van der Waals surface area contributed by atoms with Crippen molar-refractivity contribution in [3.8, 4) is 5.75 Å². The van der Waals surface area contributed by atoms with E-state index in [0.29, 0.717) is 12.3 Å². The molecular weight excluding hydrogens is 366 g/mol. The lowest BCUT2D eigenvalue weighted by Crippen LogP contribution is -2.18. The molecule has 0 heterocycles. The van der Waals surface area contributed by atoms with Crippen molar-refractivity contribution in [3.63, 3.8) is 0 Å². The molecule has 0 aliphatic heterocycles. The molecule has 0 fully saturated rings. The van der Waals surface area contributed by atoms with Gasteiger partial charge in [-0.15, -0.1) is 0 Å². The van der Waals surface area contributed by atoms with Crippen LogP contribution in [0.3, 0.4) is 0 Å². The number of hydrogen-bond donors (Lipinski definition) is 1. The third-order valence-electron chi connectivity index (χ3n) is 5.30. The van der Waals surface area contributed by atoms with Crippen molar-refractivity contribution in [1.29, 1.82) is 0 Å². The van der Waals surface area contributed by atoms with Crippen LogP contribution in [0.25, 0.3) is 0 Å². The highest BCUT2D eigenvalue weighted by Gasteiger charge is 2.26. The van der Waals surface area contributed by atoms with Crippen molar-refractivity contribution in [2.45, 2.75) is 58.9 Å². The third-order valence-corrected chi connectivity index (χ3v) is 5.30. The predicted molar refractivity (Wildman–Crippen MR) is 128 cm³/mol. The van der Waals surface area contributed by atoms with Crippen LogP contribution < -0.4 is 0 Å². The van der Waals surface area contributed by atoms with Gasteiger partial charge in [-0.1, -0.05) is 102 Å². The summed E-state index contributed by atoms with van der Waals surface area (Å²) in [6.45, 7) is 13.4. The minimum Gasteiger partial charge on any atom is -0.507 e. The molecule has 3 aromatic carbocycles. The zero-order valence-electron chi connectivity index (χ0n) is 19.0. The van der Waals surface area contributed by atoms with Crippen molar-refractivity contribution in [2.75, 3.05) is 0 Å². The predicted octanol–water partition coefficient (Wildman–Crippen LogP) is 7.02. The van der Waals surface area contributed by atoms with Gasteiger partial charge in [0.15, 0.2) is 0 Å². The number of benzene rings is 3. The number of rotatable bonds is 4. The van der Waals surface area contributed by atoms with Gasteiger partial charge in [-0.2, -0.15) is 0 Å². The highest BCUT2D eigenvalue weighted by molar-refractivity contribution is 6.12. The average molecular weight is 400 g/mol. The van der Waals surface area contributed by atoms with Crippen molar-refractivity contribution < 1.29 is 5.11 Å². The maximum absolute atomic E-state index is 11.0. The summed E-state index contributed by atoms with van der Waals surface area (Å²) < 4.78 is 0. The smallest absolute Gasteiger partial charge is 0.123 e. The molecule has 3 aromatic rings. The van der Waals surface area contributed by atoms with Gasteiger partial charge in [-0.25, -0.2) is 0 Å². The van der Waals surface area contributed by atoms with Crippen LogP contribution in [0, 0.1) is 0 Å². The molecule has 0 bridgehead atoms. The Hall–Kier alpha value is -2.87. The fourth-order valence-corrected chi connectivity index (χ4v) is 3.64. The summed E-state index contributed by atoms with van der Waals surface area (Å²) in [6.07, 6.45) is 0. The van der Waals surface area contributed by atoms with Gasteiger partial charge < -0.3 is 5.11 Å². The molecule has 2 nitrogen and oxygen atoms in total. The summed E-state index contributed by atoms with van der Waals surface area (Å²) in [7, 11) is 0. The first-order valence-electron chi connectivity index (χ1n) is 10.6. The molecule has 0 radical (unpaired) electrons. The molecule has 0 aromatic heterocycles. The van der Waals surface area contributed by atoms with Gasteiger partial charge >= 0.3 is 0 Å². The molecule has 0 saturated heterocycles. The fourth-order valence-electron chi connectivity index (χ4n) is 3.64. The molecule has 1 N–H and O–H groups in total. The van der Waals surface area contributed by atoms with Crippen LogP contribution in [0.15, 0.2) is 77.8 Å². The highest BCUT2D eigenvalue weighted by Crippen LogP contribution is 2.40. The first-order valence-corrected chi connectivity index (χ1v) is 10.6. The number of hydrogen-bond acceptors (Lipinski definition) is 2. The molecule has 0 atom stereocenters. The van der Waals surface area contributed by atoms with E-state index in [-0.39, 0.29) is 10.8 Å². The Kier molecular flexibility index (Phi) is 6.17. The van der Waals surface area contributed by atoms with Crippen molar-refractivity contribution >= 4 is 5.71 Å². The molecule has 3 rings (SSSR count). The number of aromatic hydroxyl groups is 1. The first-order chi connectivity index (χ1) is 14.1. The van der Waals surface area contributed by atoms with E-state index in [1.807, 2.05) is 36.4 Å². The lowest BCUT2D eigenvalue weighted by Gasteiger charge is -2.28. The van der Waals surface area contributed by atoms with E-state index >= 15 is 0 Å². The van der Waals surface area contributed by atoms with E-state index in [9.17, 15) is 5.11 Å². The quantitative estimate of drug-likeness (QED) is 0.470. The van der Waals surface area contributed by atoms with Gasteiger partial charge in [0.25, 0.3) is 0 Å². The van der Waals surface area contributed by atoms with E-state index in [1.54, 1.807) is 0 Å². The van der Waals surface area contributed by atoms with Crippen molar-refractivity contribution in [2.24, 2.45) is 4.99 Å². The molecule has 0 aliphatic rings. The number of phenols is 1. The van der Waals surface area contributed by atoms with E-state index in [1.165, 1.54) is 0 Å². The van der Waals surface area contributed by atoms with Gasteiger partial charge in [-0.3, -0.25) is 4.99 Å². The number of aliphatic imine (C=N–C) groups is 1. The molecule has 30 heavy (non-hydrogen) atoms. The SMILES string of the molecule is CC(C)(C)c1cc(CN=C(c2ccccc2)c2ccccc2)cc(C(C)(C)C)c1O. The summed E-state index contributed by atoms with van der Waals surface area (Å²) in [5.74, 6) is 0.411. The Labute approximate surface area is 181 Å². The fraction of sp³-hybridized carbons (Fsp3) is 0.321. The minimum atomic E-state index is -0.147. The topological polar surface area (TPSA) is 32.6 Å². The Morgan fingerprint density at radius 1 is 0.700 bits per heavy atom. The van der Waals surface area contributed by atoms with Gasteiger partial charge in [0.1, 0.15) is 5.75 Å². The Balaban J connectivity index is 2.10. The second-order valence-corrected chi connectivity index (χ2v) is 9.94. The van der Waals surface area contributed by atoms with Crippen LogP contribution >= 0.6 is 0 Å². The van der Waals surface area contributed by atoms with E-state index in [0.717, 1.165) is 33.5 Å². The zero-order valence-corrected chi connectivity index (χ0v) is 19.0. The molecule has 0 aliphatic carbocycles. The summed E-state index contributed by atoms with van der Waals surface area (Å²) in [6, 6.07) is 24.9. The first kappa shape index (κ1) is 21.8. The lowest BCUT2D eigenvalue weighted by molar-refractivity contribution is 0.422. The van der Waals surface area contributed by atoms with Crippen LogP contribution in [0.4, 0.5) is 0 Å². The van der Waals surface area contributed by atoms with E-state index in [2.05, 4.69) is 77.9 Å². The summed E-state index contributed by atoms with van der Waals surface area (Å²) in [5, 5.41) is 11.0. The molecule has 0 unspecified atom stereocenters. The molecular formula is C28H33NO. The zero-order chi connectivity index (χ0) is 21.9. The van der Waals surface area contributed by atoms with Gasteiger partial charge in [-0.05, 0) is 39.7 Å². The standard InChI is InChI=1S/C28H33NO/c1-27(2,3)23-17-20(18-24(26(23)30)28(4,5)6)19-29-25(21-13-9-7-10-14-21)22-15-11-8-12-16-22/h7-18,30H,19H2,1-6H3. The number of nitrogens with zero attached hydrogens (tertiary/aromatic N) is 1. The van der Waals surface area contributed by atoms with Crippen LogP contribution in [0.2, 0.25) is 0 Å². The average Bonchev–Trinajstić information content (AvgIpc) is 2.69. The Morgan fingerprint density at radius 3 is 1.47 bits per heavy atom. The Bertz CT molecular complexity index is 943. The lowest BCUT2D eigenvalue weighted by atomic mass is 9.78. The Morgan fingerprint density at radius 2 is 1.10 bits per heavy atom.